The number of nitro benzene ring substituents is 1. The van der Waals surface area contributed by atoms with Crippen LogP contribution in [-0.2, 0) is 9.53 Å². The summed E-state index contributed by atoms with van der Waals surface area (Å²) in [6.07, 6.45) is 2.66. The number of benzene rings is 1. The van der Waals surface area contributed by atoms with Crippen molar-refractivity contribution in [3.8, 4) is 0 Å². The molecule has 0 bridgehead atoms. The van der Waals surface area contributed by atoms with Crippen molar-refractivity contribution in [1.29, 1.82) is 0 Å². The zero-order valence-corrected chi connectivity index (χ0v) is 15.9. The molecule has 1 aromatic heterocycles. The monoisotopic (exact) mass is 403 g/mol. The molecule has 2 amide bonds. The number of nitrogens with two attached hydrogens (primary N) is 1. The van der Waals surface area contributed by atoms with Crippen molar-refractivity contribution in [1.82, 2.24) is 0 Å². The molecule has 10 heteroatoms. The van der Waals surface area contributed by atoms with E-state index in [1.807, 2.05) is 0 Å². The maximum atomic E-state index is 12.2. The van der Waals surface area contributed by atoms with Crippen LogP contribution in [0, 0.1) is 17.0 Å². The summed E-state index contributed by atoms with van der Waals surface area (Å²) in [5.74, 6) is -1.94. The van der Waals surface area contributed by atoms with E-state index in [4.69, 9.17) is 10.5 Å². The van der Waals surface area contributed by atoms with Crippen LogP contribution in [0.15, 0.2) is 30.3 Å². The maximum absolute atomic E-state index is 12.2. The lowest BCUT2D eigenvalue weighted by atomic mass is 10.1. The van der Waals surface area contributed by atoms with Crippen LogP contribution < -0.4 is 11.1 Å². The zero-order chi connectivity index (χ0) is 20.8. The minimum atomic E-state index is -0.713. The van der Waals surface area contributed by atoms with Gasteiger partial charge < -0.3 is 15.8 Å². The number of anilines is 1. The number of ether oxygens (including phenoxy) is 1. The molecule has 0 spiro atoms. The van der Waals surface area contributed by atoms with E-state index >= 15 is 0 Å². The molecule has 0 radical (unpaired) electrons. The summed E-state index contributed by atoms with van der Waals surface area (Å²) in [4.78, 5) is 46.2. The van der Waals surface area contributed by atoms with Gasteiger partial charge in [0.2, 0.25) is 5.91 Å². The fourth-order valence-corrected chi connectivity index (χ4v) is 3.37. The van der Waals surface area contributed by atoms with Gasteiger partial charge in [-0.05, 0) is 43.2 Å². The second-order valence-electron chi connectivity index (χ2n) is 5.52. The highest BCUT2D eigenvalue weighted by atomic mass is 32.1. The van der Waals surface area contributed by atoms with Crippen LogP contribution >= 0.6 is 11.3 Å². The summed E-state index contributed by atoms with van der Waals surface area (Å²) in [6.45, 7) is 3.32. The first-order valence-electron chi connectivity index (χ1n) is 8.08. The number of amides is 2. The summed E-state index contributed by atoms with van der Waals surface area (Å²) >= 11 is 0.887. The summed E-state index contributed by atoms with van der Waals surface area (Å²) in [6, 6.07) is 5.62. The van der Waals surface area contributed by atoms with Gasteiger partial charge in [0.1, 0.15) is 5.00 Å². The standard InChI is InChI=1S/C18H17N3O6S/c1-3-27-18(24)14-10(2)15(16(19)23)28-17(14)20-13(22)9-6-11-4-7-12(8-5-11)21(25)26/h4-9H,3H2,1-2H3,(H2,19,23)(H,20,22). The average molecular weight is 403 g/mol. The Morgan fingerprint density at radius 1 is 1.29 bits per heavy atom. The second-order valence-corrected chi connectivity index (χ2v) is 6.54. The molecule has 0 saturated carbocycles. The van der Waals surface area contributed by atoms with Crippen molar-refractivity contribution in [2.45, 2.75) is 13.8 Å². The van der Waals surface area contributed by atoms with Crippen molar-refractivity contribution in [3.63, 3.8) is 0 Å². The highest BCUT2D eigenvalue weighted by molar-refractivity contribution is 7.18. The summed E-state index contributed by atoms with van der Waals surface area (Å²) in [5, 5.41) is 13.3. The topological polar surface area (TPSA) is 142 Å². The number of esters is 1. The van der Waals surface area contributed by atoms with Crippen LogP contribution in [0.2, 0.25) is 0 Å². The Morgan fingerprint density at radius 2 is 1.93 bits per heavy atom. The third kappa shape index (κ3) is 4.80. The molecule has 2 aromatic rings. The molecule has 0 saturated heterocycles. The molecule has 0 aliphatic rings. The van der Waals surface area contributed by atoms with E-state index in [0.29, 0.717) is 11.1 Å². The van der Waals surface area contributed by atoms with E-state index < -0.39 is 22.7 Å². The molecular weight excluding hydrogens is 386 g/mol. The Bertz CT molecular complexity index is 962. The maximum Gasteiger partial charge on any atom is 0.341 e. The number of thiophene rings is 1. The van der Waals surface area contributed by atoms with Gasteiger partial charge in [0.25, 0.3) is 11.6 Å². The van der Waals surface area contributed by atoms with Gasteiger partial charge in [-0.1, -0.05) is 0 Å². The minimum Gasteiger partial charge on any atom is -0.462 e. The number of hydrogen-bond donors (Lipinski definition) is 2. The molecule has 3 N–H and O–H groups in total. The Labute approximate surface area is 163 Å². The molecule has 0 aliphatic carbocycles. The third-order valence-corrected chi connectivity index (χ3v) is 4.84. The van der Waals surface area contributed by atoms with Gasteiger partial charge in [-0.25, -0.2) is 4.79 Å². The van der Waals surface area contributed by atoms with E-state index in [-0.39, 0.29) is 27.7 Å². The number of carbonyl (C=O) groups excluding carboxylic acids is 3. The van der Waals surface area contributed by atoms with Crippen LogP contribution in [0.4, 0.5) is 10.7 Å². The third-order valence-electron chi connectivity index (χ3n) is 3.62. The first kappa shape index (κ1) is 20.8. The van der Waals surface area contributed by atoms with Gasteiger partial charge in [-0.2, -0.15) is 0 Å². The van der Waals surface area contributed by atoms with Gasteiger partial charge in [-0.15, -0.1) is 11.3 Å². The van der Waals surface area contributed by atoms with Gasteiger partial charge in [0.15, 0.2) is 0 Å². The molecule has 2 rings (SSSR count). The highest BCUT2D eigenvalue weighted by Gasteiger charge is 2.25. The molecule has 1 heterocycles. The highest BCUT2D eigenvalue weighted by Crippen LogP contribution is 2.33. The zero-order valence-electron chi connectivity index (χ0n) is 15.1. The fraction of sp³-hybridized carbons (Fsp3) is 0.167. The number of nitro groups is 1. The average Bonchev–Trinajstić information content (AvgIpc) is 2.96. The minimum absolute atomic E-state index is 0.0614. The lowest BCUT2D eigenvalue weighted by molar-refractivity contribution is -0.384. The Morgan fingerprint density at radius 3 is 2.46 bits per heavy atom. The van der Waals surface area contributed by atoms with Crippen LogP contribution in [0.3, 0.4) is 0 Å². The molecular formula is C18H17N3O6S. The van der Waals surface area contributed by atoms with Crippen LogP contribution in [0.5, 0.6) is 0 Å². The normalized spacial score (nSPS) is 10.6. The fourth-order valence-electron chi connectivity index (χ4n) is 2.32. The Balaban J connectivity index is 2.22. The molecule has 1 aromatic carbocycles. The number of carbonyl (C=O) groups is 3. The van der Waals surface area contributed by atoms with E-state index in [2.05, 4.69) is 5.32 Å². The number of nitrogens with zero attached hydrogens (tertiary/aromatic N) is 1. The number of hydrogen-bond acceptors (Lipinski definition) is 7. The van der Waals surface area contributed by atoms with Crippen molar-refractivity contribution >= 4 is 45.9 Å². The number of nitrogens with one attached hydrogen (secondary N) is 1. The molecule has 0 unspecified atom stereocenters. The van der Waals surface area contributed by atoms with Crippen LogP contribution in [-0.4, -0.2) is 29.3 Å². The quantitative estimate of drug-likeness (QED) is 0.315. The summed E-state index contributed by atoms with van der Waals surface area (Å²) in [5.41, 5.74) is 6.25. The SMILES string of the molecule is CCOC(=O)c1c(NC(=O)C=Cc2ccc([N+](=O)[O-])cc2)sc(C(N)=O)c1C. The van der Waals surface area contributed by atoms with Gasteiger partial charge in [0, 0.05) is 18.2 Å². The van der Waals surface area contributed by atoms with Crippen molar-refractivity contribution in [2.24, 2.45) is 5.73 Å². The van der Waals surface area contributed by atoms with E-state index in [1.165, 1.54) is 36.4 Å². The molecule has 9 nitrogen and oxygen atoms in total. The Kier molecular flexibility index (Phi) is 6.61. The summed E-state index contributed by atoms with van der Waals surface area (Å²) < 4.78 is 4.98. The number of rotatable bonds is 7. The Hall–Kier alpha value is -3.53. The lowest BCUT2D eigenvalue weighted by Gasteiger charge is -2.05. The van der Waals surface area contributed by atoms with E-state index in [1.54, 1.807) is 13.8 Å². The predicted octanol–water partition coefficient (Wildman–Crippen LogP) is 2.89. The molecule has 0 fully saturated rings. The van der Waals surface area contributed by atoms with E-state index in [9.17, 15) is 24.5 Å². The van der Waals surface area contributed by atoms with Crippen molar-refractivity contribution < 1.29 is 24.0 Å². The smallest absolute Gasteiger partial charge is 0.341 e. The van der Waals surface area contributed by atoms with Gasteiger partial charge in [0.05, 0.1) is 22.0 Å². The molecule has 28 heavy (non-hydrogen) atoms. The van der Waals surface area contributed by atoms with Gasteiger partial charge in [-0.3, -0.25) is 19.7 Å². The van der Waals surface area contributed by atoms with E-state index in [0.717, 1.165) is 11.3 Å². The molecule has 0 aliphatic heterocycles. The van der Waals surface area contributed by atoms with Crippen molar-refractivity contribution in [3.05, 3.63) is 62.0 Å². The van der Waals surface area contributed by atoms with Crippen molar-refractivity contribution in [2.75, 3.05) is 11.9 Å². The number of primary amides is 1. The van der Waals surface area contributed by atoms with Crippen LogP contribution in [0.1, 0.15) is 38.1 Å². The largest absolute Gasteiger partial charge is 0.462 e. The number of non-ortho nitro benzene ring substituents is 1. The van der Waals surface area contributed by atoms with Gasteiger partial charge >= 0.3 is 5.97 Å². The second kappa shape index (κ2) is 8.91. The summed E-state index contributed by atoms with van der Waals surface area (Å²) in [7, 11) is 0. The van der Waals surface area contributed by atoms with Crippen LogP contribution in [0.25, 0.3) is 6.08 Å². The molecule has 0 atom stereocenters. The lowest BCUT2D eigenvalue weighted by Crippen LogP contribution is -2.13. The molecule has 146 valence electrons. The predicted molar refractivity (Wildman–Crippen MR) is 104 cm³/mol. The first-order chi connectivity index (χ1) is 13.2. The first-order valence-corrected chi connectivity index (χ1v) is 8.90.